The predicted molar refractivity (Wildman–Crippen MR) is 72.5 cm³/mol. The van der Waals surface area contributed by atoms with Crippen LogP contribution in [0, 0.1) is 6.92 Å². The Bertz CT molecular complexity index is 406. The van der Waals surface area contributed by atoms with Gasteiger partial charge in [0.05, 0.1) is 5.69 Å². The molecule has 0 bridgehead atoms. The molecule has 1 heterocycles. The van der Waals surface area contributed by atoms with Gasteiger partial charge in [0.25, 0.3) is 0 Å². The molecule has 5 nitrogen and oxygen atoms in total. The Hall–Kier alpha value is -1.62. The molecule has 0 spiro atoms. The van der Waals surface area contributed by atoms with Crippen molar-refractivity contribution in [1.82, 2.24) is 9.88 Å². The first-order chi connectivity index (χ1) is 8.56. The Morgan fingerprint density at radius 1 is 1.56 bits per heavy atom. The van der Waals surface area contributed by atoms with Crippen LogP contribution in [0.15, 0.2) is 23.4 Å². The monoisotopic (exact) mass is 250 g/mol. The fourth-order valence-corrected chi connectivity index (χ4v) is 1.95. The lowest BCUT2D eigenvalue weighted by Gasteiger charge is -2.27. The molecule has 0 saturated heterocycles. The molecule has 1 unspecified atom stereocenters. The van der Waals surface area contributed by atoms with Gasteiger partial charge in [-0.1, -0.05) is 18.1 Å². The zero-order chi connectivity index (χ0) is 13.5. The summed E-state index contributed by atoms with van der Waals surface area (Å²) in [5.74, 6) is 0.262. The molecule has 5 heteroatoms. The average molecular weight is 250 g/mol. The lowest BCUT2D eigenvalue weighted by molar-refractivity contribution is 0.211. The van der Waals surface area contributed by atoms with Crippen LogP contribution in [0.4, 0.5) is 0 Å². The minimum absolute atomic E-state index is 0.216. The van der Waals surface area contributed by atoms with Gasteiger partial charge in [-0.3, -0.25) is 9.88 Å². The second kappa shape index (κ2) is 6.96. The summed E-state index contributed by atoms with van der Waals surface area (Å²) in [5.41, 5.74) is 7.61. The third-order valence-corrected chi connectivity index (χ3v) is 2.97. The van der Waals surface area contributed by atoms with E-state index in [1.807, 2.05) is 25.1 Å². The Balaban J connectivity index is 2.66. The average Bonchev–Trinajstić information content (AvgIpc) is 2.35. The Morgan fingerprint density at radius 2 is 2.28 bits per heavy atom. The van der Waals surface area contributed by atoms with Gasteiger partial charge in [-0.15, -0.1) is 0 Å². The van der Waals surface area contributed by atoms with Gasteiger partial charge in [0, 0.05) is 24.7 Å². The van der Waals surface area contributed by atoms with E-state index in [2.05, 4.69) is 28.9 Å². The van der Waals surface area contributed by atoms with Crippen LogP contribution in [0.5, 0.6) is 0 Å². The Labute approximate surface area is 108 Å². The summed E-state index contributed by atoms with van der Waals surface area (Å²) in [7, 11) is 0. The number of amidine groups is 1. The zero-order valence-electron chi connectivity index (χ0n) is 11.3. The highest BCUT2D eigenvalue weighted by Crippen LogP contribution is 2.09. The van der Waals surface area contributed by atoms with Gasteiger partial charge in [-0.05, 0) is 32.5 Å². The van der Waals surface area contributed by atoms with Crippen LogP contribution in [0.2, 0.25) is 0 Å². The van der Waals surface area contributed by atoms with Gasteiger partial charge in [-0.25, -0.2) is 0 Å². The van der Waals surface area contributed by atoms with Crippen molar-refractivity contribution in [2.45, 2.75) is 39.8 Å². The van der Waals surface area contributed by atoms with Gasteiger partial charge in [0.1, 0.15) is 5.84 Å². The first-order valence-corrected chi connectivity index (χ1v) is 6.19. The molecule has 18 heavy (non-hydrogen) atoms. The van der Waals surface area contributed by atoms with E-state index in [4.69, 9.17) is 10.9 Å². The highest BCUT2D eigenvalue weighted by atomic mass is 16.4. The lowest BCUT2D eigenvalue weighted by Crippen LogP contribution is -2.36. The normalized spacial score (nSPS) is 13.9. The summed E-state index contributed by atoms with van der Waals surface area (Å²) in [6.45, 7) is 7.82. The van der Waals surface area contributed by atoms with Crippen molar-refractivity contribution in [1.29, 1.82) is 0 Å². The number of aryl methyl sites for hydroxylation is 1. The molecule has 0 saturated carbocycles. The molecule has 0 amide bonds. The van der Waals surface area contributed by atoms with E-state index >= 15 is 0 Å². The number of hydrogen-bond acceptors (Lipinski definition) is 4. The van der Waals surface area contributed by atoms with Crippen molar-refractivity contribution in [2.75, 3.05) is 6.54 Å². The van der Waals surface area contributed by atoms with Crippen LogP contribution in [0.1, 0.15) is 31.7 Å². The van der Waals surface area contributed by atoms with Crippen LogP contribution < -0.4 is 5.73 Å². The summed E-state index contributed by atoms with van der Waals surface area (Å²) in [6.07, 6.45) is 0.552. The van der Waals surface area contributed by atoms with Crippen molar-refractivity contribution in [3.63, 3.8) is 0 Å². The number of pyridine rings is 1. The minimum atomic E-state index is 0.216. The zero-order valence-corrected chi connectivity index (χ0v) is 11.3. The number of oxime groups is 1. The molecule has 3 N–H and O–H groups in total. The highest BCUT2D eigenvalue weighted by molar-refractivity contribution is 5.80. The molecule has 1 aromatic rings. The molecule has 100 valence electrons. The van der Waals surface area contributed by atoms with Gasteiger partial charge >= 0.3 is 0 Å². The third kappa shape index (κ3) is 4.33. The van der Waals surface area contributed by atoms with Crippen LogP contribution in [-0.2, 0) is 6.54 Å². The molecule has 0 aliphatic heterocycles. The van der Waals surface area contributed by atoms with Crippen molar-refractivity contribution >= 4 is 5.84 Å². The quantitative estimate of drug-likeness (QED) is 0.349. The van der Waals surface area contributed by atoms with Gasteiger partial charge in [0.2, 0.25) is 0 Å². The fraction of sp³-hybridized carbons (Fsp3) is 0.538. The predicted octanol–water partition coefficient (Wildman–Crippen LogP) is 1.74. The van der Waals surface area contributed by atoms with Crippen LogP contribution in [0.3, 0.4) is 0 Å². The third-order valence-electron chi connectivity index (χ3n) is 2.97. The van der Waals surface area contributed by atoms with E-state index < -0.39 is 0 Å². The van der Waals surface area contributed by atoms with E-state index in [0.29, 0.717) is 6.42 Å². The summed E-state index contributed by atoms with van der Waals surface area (Å²) < 4.78 is 0. The van der Waals surface area contributed by atoms with E-state index in [0.717, 1.165) is 24.5 Å². The molecular formula is C13H22N4O. The first-order valence-electron chi connectivity index (χ1n) is 6.19. The maximum atomic E-state index is 8.60. The van der Waals surface area contributed by atoms with E-state index in [-0.39, 0.29) is 11.9 Å². The maximum absolute atomic E-state index is 8.60. The molecule has 0 aliphatic carbocycles. The lowest BCUT2D eigenvalue weighted by atomic mass is 10.1. The molecule has 1 atom stereocenters. The van der Waals surface area contributed by atoms with Crippen molar-refractivity contribution in [3.8, 4) is 0 Å². The van der Waals surface area contributed by atoms with E-state index in [1.54, 1.807) is 0 Å². The minimum Gasteiger partial charge on any atom is -0.409 e. The van der Waals surface area contributed by atoms with Gasteiger partial charge in [-0.2, -0.15) is 0 Å². The SMILES string of the molecule is CCN(Cc1cccc(C)n1)C(C)CC(N)=NO. The van der Waals surface area contributed by atoms with E-state index in [9.17, 15) is 0 Å². The number of hydrogen-bond donors (Lipinski definition) is 2. The molecule has 0 aromatic carbocycles. The van der Waals surface area contributed by atoms with Gasteiger partial charge in [0.15, 0.2) is 0 Å². The molecule has 1 aromatic heterocycles. The summed E-state index contributed by atoms with van der Waals surface area (Å²) in [4.78, 5) is 6.74. The summed E-state index contributed by atoms with van der Waals surface area (Å²) in [6, 6.07) is 6.23. The fourth-order valence-electron chi connectivity index (χ4n) is 1.95. The smallest absolute Gasteiger partial charge is 0.140 e. The summed E-state index contributed by atoms with van der Waals surface area (Å²) >= 11 is 0. The molecule has 1 rings (SSSR count). The second-order valence-corrected chi connectivity index (χ2v) is 4.48. The van der Waals surface area contributed by atoms with Crippen LogP contribution in [0.25, 0.3) is 0 Å². The molecule has 0 fully saturated rings. The van der Waals surface area contributed by atoms with Crippen LogP contribution in [-0.4, -0.2) is 33.5 Å². The Kier molecular flexibility index (Phi) is 5.58. The maximum Gasteiger partial charge on any atom is 0.140 e. The van der Waals surface area contributed by atoms with Crippen molar-refractivity contribution in [2.24, 2.45) is 10.9 Å². The van der Waals surface area contributed by atoms with Crippen LogP contribution >= 0.6 is 0 Å². The summed E-state index contributed by atoms with van der Waals surface area (Å²) in [5, 5.41) is 11.6. The number of nitrogens with two attached hydrogens (primary N) is 1. The van der Waals surface area contributed by atoms with Crippen molar-refractivity contribution < 1.29 is 5.21 Å². The van der Waals surface area contributed by atoms with E-state index in [1.165, 1.54) is 0 Å². The standard InChI is InChI=1S/C13H22N4O/c1-4-17(11(3)8-13(14)16-18)9-12-7-5-6-10(2)15-12/h5-7,11,18H,4,8-9H2,1-3H3,(H2,14,16). The molecule has 0 radical (unpaired) electrons. The van der Waals surface area contributed by atoms with Gasteiger partial charge < -0.3 is 10.9 Å². The highest BCUT2D eigenvalue weighted by Gasteiger charge is 2.14. The molecular weight excluding hydrogens is 228 g/mol. The van der Waals surface area contributed by atoms with Crippen molar-refractivity contribution in [3.05, 3.63) is 29.6 Å². The Morgan fingerprint density at radius 3 is 2.83 bits per heavy atom. The first kappa shape index (κ1) is 14.4. The number of aromatic nitrogens is 1. The largest absolute Gasteiger partial charge is 0.409 e. The number of rotatable bonds is 6. The second-order valence-electron chi connectivity index (χ2n) is 4.48. The topological polar surface area (TPSA) is 74.7 Å². The number of nitrogens with zero attached hydrogens (tertiary/aromatic N) is 3. The molecule has 0 aliphatic rings.